The van der Waals surface area contributed by atoms with Crippen LogP contribution in [0.1, 0.15) is 31.7 Å². The standard InChI is InChI=1S/C14H19N3O/c1-2-14(10-3-7-12(18)8-4-10)9-16-13(15)17(14)11-5-6-11/h3-4,7-8,11,18H,2,5-6,9H2,1H3,(H2,15,16). The van der Waals surface area contributed by atoms with Crippen molar-refractivity contribution in [1.82, 2.24) is 4.90 Å². The van der Waals surface area contributed by atoms with Gasteiger partial charge in [-0.05, 0) is 37.0 Å². The molecule has 96 valence electrons. The lowest BCUT2D eigenvalue weighted by Crippen LogP contribution is -2.50. The number of nitrogens with two attached hydrogens (primary N) is 1. The first-order valence-corrected chi connectivity index (χ1v) is 6.56. The number of guanidine groups is 1. The summed E-state index contributed by atoms with van der Waals surface area (Å²) in [5, 5.41) is 9.43. The molecule has 0 saturated heterocycles. The number of phenols is 1. The van der Waals surface area contributed by atoms with E-state index in [4.69, 9.17) is 5.73 Å². The molecule has 1 aliphatic heterocycles. The Morgan fingerprint density at radius 3 is 2.61 bits per heavy atom. The first-order valence-electron chi connectivity index (χ1n) is 6.56. The SMILES string of the molecule is CCC1(c2ccc(O)cc2)CN=C(N)N1C1CC1. The molecule has 18 heavy (non-hydrogen) atoms. The monoisotopic (exact) mass is 245 g/mol. The van der Waals surface area contributed by atoms with Gasteiger partial charge in [0, 0.05) is 6.04 Å². The zero-order valence-electron chi connectivity index (χ0n) is 10.6. The molecule has 1 aromatic carbocycles. The van der Waals surface area contributed by atoms with Gasteiger partial charge in [0.05, 0.1) is 12.1 Å². The topological polar surface area (TPSA) is 61.9 Å². The predicted molar refractivity (Wildman–Crippen MR) is 71.4 cm³/mol. The van der Waals surface area contributed by atoms with Gasteiger partial charge in [0.15, 0.2) is 5.96 Å². The second-order valence-electron chi connectivity index (χ2n) is 5.21. The van der Waals surface area contributed by atoms with Crippen LogP contribution in [0.4, 0.5) is 0 Å². The maximum Gasteiger partial charge on any atom is 0.192 e. The summed E-state index contributed by atoms with van der Waals surface area (Å²) in [7, 11) is 0. The van der Waals surface area contributed by atoms with Crippen LogP contribution in [-0.2, 0) is 5.54 Å². The lowest BCUT2D eigenvalue weighted by Gasteiger charge is -2.39. The quantitative estimate of drug-likeness (QED) is 0.853. The van der Waals surface area contributed by atoms with Gasteiger partial charge in [-0.25, -0.2) is 0 Å². The molecule has 1 aliphatic carbocycles. The molecule has 4 heteroatoms. The number of rotatable bonds is 3. The zero-order valence-corrected chi connectivity index (χ0v) is 10.6. The van der Waals surface area contributed by atoms with Gasteiger partial charge in [-0.2, -0.15) is 0 Å². The van der Waals surface area contributed by atoms with Crippen LogP contribution in [0.15, 0.2) is 29.3 Å². The summed E-state index contributed by atoms with van der Waals surface area (Å²) < 4.78 is 0. The Kier molecular flexibility index (Phi) is 2.47. The molecule has 0 aromatic heterocycles. The molecule has 4 nitrogen and oxygen atoms in total. The fourth-order valence-electron chi connectivity index (χ4n) is 2.94. The molecule has 1 unspecified atom stereocenters. The molecule has 2 aliphatic rings. The van der Waals surface area contributed by atoms with Gasteiger partial charge in [0.25, 0.3) is 0 Å². The van der Waals surface area contributed by atoms with E-state index in [0.29, 0.717) is 17.8 Å². The van der Waals surface area contributed by atoms with Crippen molar-refractivity contribution in [3.05, 3.63) is 29.8 Å². The normalized spacial score (nSPS) is 27.4. The summed E-state index contributed by atoms with van der Waals surface area (Å²) in [6, 6.07) is 8.01. The Hall–Kier alpha value is -1.71. The minimum atomic E-state index is -0.112. The lowest BCUT2D eigenvalue weighted by molar-refractivity contribution is 0.185. The van der Waals surface area contributed by atoms with Gasteiger partial charge in [0.2, 0.25) is 0 Å². The van der Waals surface area contributed by atoms with Crippen LogP contribution in [0, 0.1) is 0 Å². The van der Waals surface area contributed by atoms with E-state index >= 15 is 0 Å². The van der Waals surface area contributed by atoms with Gasteiger partial charge in [-0.3, -0.25) is 4.99 Å². The van der Waals surface area contributed by atoms with Crippen LogP contribution < -0.4 is 5.73 Å². The van der Waals surface area contributed by atoms with Crippen LogP contribution in [0.5, 0.6) is 5.75 Å². The minimum absolute atomic E-state index is 0.112. The molecule has 1 saturated carbocycles. The van der Waals surface area contributed by atoms with Crippen LogP contribution in [-0.4, -0.2) is 28.6 Å². The summed E-state index contributed by atoms with van der Waals surface area (Å²) in [5.41, 5.74) is 7.15. The van der Waals surface area contributed by atoms with E-state index in [1.807, 2.05) is 12.1 Å². The maximum atomic E-state index is 9.43. The van der Waals surface area contributed by atoms with Crippen LogP contribution in [0.2, 0.25) is 0 Å². The van der Waals surface area contributed by atoms with E-state index < -0.39 is 0 Å². The fourth-order valence-corrected chi connectivity index (χ4v) is 2.94. The van der Waals surface area contributed by atoms with Crippen molar-refractivity contribution >= 4 is 5.96 Å². The van der Waals surface area contributed by atoms with Crippen LogP contribution >= 0.6 is 0 Å². The van der Waals surface area contributed by atoms with Crippen molar-refractivity contribution in [2.45, 2.75) is 37.8 Å². The number of nitrogens with zero attached hydrogens (tertiary/aromatic N) is 2. The van der Waals surface area contributed by atoms with E-state index in [1.54, 1.807) is 12.1 Å². The highest BCUT2D eigenvalue weighted by Gasteiger charge is 2.48. The number of hydrogen-bond donors (Lipinski definition) is 2. The molecule has 3 N–H and O–H groups in total. The molecule has 0 spiro atoms. The molecule has 1 atom stereocenters. The Bertz CT molecular complexity index is 478. The molecule has 0 radical (unpaired) electrons. The highest BCUT2D eigenvalue weighted by atomic mass is 16.3. The number of hydrogen-bond acceptors (Lipinski definition) is 4. The van der Waals surface area contributed by atoms with E-state index in [9.17, 15) is 5.11 Å². The number of aromatic hydroxyl groups is 1. The summed E-state index contributed by atoms with van der Waals surface area (Å²) in [6.45, 7) is 2.90. The molecule has 1 fully saturated rings. The molecule has 0 bridgehead atoms. The largest absolute Gasteiger partial charge is 0.508 e. The van der Waals surface area contributed by atoms with Crippen molar-refractivity contribution < 1.29 is 5.11 Å². The van der Waals surface area contributed by atoms with Gasteiger partial charge in [-0.15, -0.1) is 0 Å². The van der Waals surface area contributed by atoms with Crippen LogP contribution in [0.25, 0.3) is 0 Å². The first-order chi connectivity index (χ1) is 8.67. The minimum Gasteiger partial charge on any atom is -0.508 e. The fraction of sp³-hybridized carbons (Fsp3) is 0.500. The highest BCUT2D eigenvalue weighted by Crippen LogP contribution is 2.43. The van der Waals surface area contributed by atoms with Crippen molar-refractivity contribution in [3.63, 3.8) is 0 Å². The van der Waals surface area contributed by atoms with E-state index in [2.05, 4.69) is 16.8 Å². The average Bonchev–Trinajstić information content (AvgIpc) is 3.15. The van der Waals surface area contributed by atoms with E-state index in [1.165, 1.54) is 18.4 Å². The second kappa shape index (κ2) is 3.90. The Balaban J connectivity index is 2.01. The third-order valence-electron chi connectivity index (χ3n) is 4.11. The highest BCUT2D eigenvalue weighted by molar-refractivity contribution is 5.82. The van der Waals surface area contributed by atoms with E-state index in [0.717, 1.165) is 13.0 Å². The van der Waals surface area contributed by atoms with Crippen LogP contribution in [0.3, 0.4) is 0 Å². The van der Waals surface area contributed by atoms with Gasteiger partial charge in [0.1, 0.15) is 5.75 Å². The maximum absolute atomic E-state index is 9.43. The van der Waals surface area contributed by atoms with Crippen molar-refractivity contribution in [1.29, 1.82) is 0 Å². The summed E-state index contributed by atoms with van der Waals surface area (Å²) in [5.74, 6) is 0.974. The molecule has 1 heterocycles. The molecule has 3 rings (SSSR count). The van der Waals surface area contributed by atoms with Crippen molar-refractivity contribution in [2.24, 2.45) is 10.7 Å². The van der Waals surface area contributed by atoms with Gasteiger partial charge >= 0.3 is 0 Å². The smallest absolute Gasteiger partial charge is 0.192 e. The van der Waals surface area contributed by atoms with E-state index in [-0.39, 0.29) is 5.54 Å². The Labute approximate surface area is 107 Å². The second-order valence-corrected chi connectivity index (χ2v) is 5.21. The molecular weight excluding hydrogens is 226 g/mol. The lowest BCUT2D eigenvalue weighted by atomic mass is 9.86. The number of aliphatic imine (C=N–C) groups is 1. The number of phenolic OH excluding ortho intramolecular Hbond substituents is 1. The summed E-state index contributed by atoms with van der Waals surface area (Å²) in [4.78, 5) is 6.75. The predicted octanol–water partition coefficient (Wildman–Crippen LogP) is 1.79. The summed E-state index contributed by atoms with van der Waals surface area (Å²) >= 11 is 0. The van der Waals surface area contributed by atoms with Crippen molar-refractivity contribution in [2.75, 3.05) is 6.54 Å². The van der Waals surface area contributed by atoms with Crippen molar-refractivity contribution in [3.8, 4) is 5.75 Å². The average molecular weight is 245 g/mol. The molecule has 0 amide bonds. The third-order valence-corrected chi connectivity index (χ3v) is 4.11. The van der Waals surface area contributed by atoms with Gasteiger partial charge in [-0.1, -0.05) is 19.1 Å². The summed E-state index contributed by atoms with van der Waals surface area (Å²) in [6.07, 6.45) is 3.38. The van der Waals surface area contributed by atoms with Gasteiger partial charge < -0.3 is 15.7 Å². The molecule has 1 aromatic rings. The third kappa shape index (κ3) is 1.55. The first kappa shape index (κ1) is 11.4. The molecular formula is C14H19N3O. The Morgan fingerprint density at radius 2 is 2.06 bits per heavy atom. The Morgan fingerprint density at radius 1 is 1.39 bits per heavy atom. The zero-order chi connectivity index (χ0) is 12.8. The number of benzene rings is 1.